The Hall–Kier alpha value is -1.03. The highest BCUT2D eigenvalue weighted by Gasteiger charge is 2.19. The molecule has 4 heteroatoms. The highest BCUT2D eigenvalue weighted by molar-refractivity contribution is 7.10. The molecule has 0 unspecified atom stereocenters. The van der Waals surface area contributed by atoms with Crippen molar-refractivity contribution in [2.24, 2.45) is 0 Å². The van der Waals surface area contributed by atoms with E-state index in [-0.39, 0.29) is 6.03 Å². The van der Waals surface area contributed by atoms with E-state index in [2.05, 4.69) is 16.8 Å². The Morgan fingerprint density at radius 2 is 2.54 bits per heavy atom. The molecule has 13 heavy (non-hydrogen) atoms. The summed E-state index contributed by atoms with van der Waals surface area (Å²) < 4.78 is 0. The predicted molar refractivity (Wildman–Crippen MR) is 52.9 cm³/mol. The molecule has 0 aromatic carbocycles. The van der Waals surface area contributed by atoms with Crippen molar-refractivity contribution in [3.63, 3.8) is 0 Å². The number of carbonyl (C=O) groups excluding carboxylic acids is 1. The number of carbonyl (C=O) groups is 1. The molecule has 0 bridgehead atoms. The zero-order chi connectivity index (χ0) is 9.26. The maximum Gasteiger partial charge on any atom is 0.317 e. The number of nitrogens with one attached hydrogen (secondary N) is 1. The summed E-state index contributed by atoms with van der Waals surface area (Å²) >= 11 is 1.79. The van der Waals surface area contributed by atoms with Crippen LogP contribution in [0.15, 0.2) is 11.4 Å². The fraction of sp³-hybridized carbons (Fsp3) is 0.444. The topological polar surface area (TPSA) is 32.3 Å². The first-order chi connectivity index (χ1) is 6.31. The van der Waals surface area contributed by atoms with Gasteiger partial charge in [0.1, 0.15) is 0 Å². The van der Waals surface area contributed by atoms with Gasteiger partial charge in [0, 0.05) is 25.0 Å². The van der Waals surface area contributed by atoms with E-state index in [1.165, 1.54) is 10.4 Å². The van der Waals surface area contributed by atoms with Crippen molar-refractivity contribution >= 4 is 17.4 Å². The molecule has 1 N–H and O–H groups in total. The number of fused-ring (bicyclic) bond motifs is 1. The summed E-state index contributed by atoms with van der Waals surface area (Å²) in [7, 11) is 1.67. The van der Waals surface area contributed by atoms with E-state index >= 15 is 0 Å². The second kappa shape index (κ2) is 3.38. The molecule has 3 nitrogen and oxygen atoms in total. The minimum atomic E-state index is 0.0249. The Kier molecular flexibility index (Phi) is 2.22. The number of rotatable bonds is 0. The van der Waals surface area contributed by atoms with Crippen LogP contribution < -0.4 is 5.32 Å². The molecule has 1 aromatic rings. The molecule has 1 aliphatic heterocycles. The highest BCUT2D eigenvalue weighted by atomic mass is 32.1. The first-order valence-corrected chi connectivity index (χ1v) is 5.21. The minimum Gasteiger partial charge on any atom is -0.341 e. The van der Waals surface area contributed by atoms with E-state index in [1.54, 1.807) is 18.4 Å². The van der Waals surface area contributed by atoms with Crippen molar-refractivity contribution in [3.05, 3.63) is 21.9 Å². The number of thiophene rings is 1. The lowest BCUT2D eigenvalue weighted by molar-refractivity contribution is 0.195. The largest absolute Gasteiger partial charge is 0.341 e. The van der Waals surface area contributed by atoms with Crippen molar-refractivity contribution in [1.82, 2.24) is 10.2 Å². The first kappa shape index (κ1) is 8.56. The van der Waals surface area contributed by atoms with Crippen molar-refractivity contribution < 1.29 is 4.79 Å². The van der Waals surface area contributed by atoms with Gasteiger partial charge in [-0.15, -0.1) is 11.3 Å². The summed E-state index contributed by atoms with van der Waals surface area (Å²) in [5, 5.41) is 4.74. The van der Waals surface area contributed by atoms with Crippen LogP contribution in [-0.2, 0) is 13.0 Å². The van der Waals surface area contributed by atoms with Crippen LogP contribution in [0.4, 0.5) is 4.79 Å². The Balaban J connectivity index is 2.13. The first-order valence-electron chi connectivity index (χ1n) is 4.33. The Labute approximate surface area is 81.4 Å². The molecule has 2 amide bonds. The van der Waals surface area contributed by atoms with Crippen LogP contribution in [0.3, 0.4) is 0 Å². The Morgan fingerprint density at radius 1 is 1.69 bits per heavy atom. The molecule has 0 saturated carbocycles. The molecular weight excluding hydrogens is 184 g/mol. The molecule has 0 fully saturated rings. The lowest BCUT2D eigenvalue weighted by atomic mass is 10.1. The van der Waals surface area contributed by atoms with Crippen LogP contribution in [0.5, 0.6) is 0 Å². The normalized spacial score (nSPS) is 15.3. The predicted octanol–water partition coefficient (Wildman–Crippen LogP) is 1.45. The second-order valence-electron chi connectivity index (χ2n) is 3.10. The molecule has 1 aliphatic rings. The maximum absolute atomic E-state index is 11.3. The molecule has 2 heterocycles. The Morgan fingerprint density at radius 3 is 3.31 bits per heavy atom. The molecule has 0 spiro atoms. The van der Waals surface area contributed by atoms with Crippen molar-refractivity contribution in [2.45, 2.75) is 13.0 Å². The van der Waals surface area contributed by atoms with E-state index in [0.29, 0.717) is 0 Å². The summed E-state index contributed by atoms with van der Waals surface area (Å²) in [6.45, 7) is 1.60. The molecule has 70 valence electrons. The average Bonchev–Trinajstić information content (AvgIpc) is 2.63. The van der Waals surface area contributed by atoms with Crippen molar-refractivity contribution in [3.8, 4) is 0 Å². The Bertz CT molecular complexity index is 321. The van der Waals surface area contributed by atoms with Crippen LogP contribution in [0.1, 0.15) is 10.4 Å². The summed E-state index contributed by atoms with van der Waals surface area (Å²) in [6.07, 6.45) is 1.00. The zero-order valence-corrected chi connectivity index (χ0v) is 8.36. The van der Waals surface area contributed by atoms with Gasteiger partial charge in [-0.1, -0.05) is 0 Å². The summed E-state index contributed by atoms with van der Waals surface area (Å²) in [5.74, 6) is 0. The van der Waals surface area contributed by atoms with Crippen LogP contribution in [0, 0.1) is 0 Å². The molecule has 2 rings (SSSR count). The lowest BCUT2D eigenvalue weighted by Gasteiger charge is -2.26. The molecule has 0 atom stereocenters. The zero-order valence-electron chi connectivity index (χ0n) is 7.54. The number of urea groups is 1. The maximum atomic E-state index is 11.3. The molecule has 0 aliphatic carbocycles. The van der Waals surface area contributed by atoms with E-state index in [9.17, 15) is 4.79 Å². The lowest BCUT2D eigenvalue weighted by Crippen LogP contribution is -2.40. The fourth-order valence-corrected chi connectivity index (χ4v) is 2.47. The quantitative estimate of drug-likeness (QED) is 0.669. The third-order valence-corrected chi connectivity index (χ3v) is 3.33. The molecule has 0 saturated heterocycles. The number of hydrogen-bond donors (Lipinski definition) is 1. The van der Waals surface area contributed by atoms with Crippen LogP contribution in [0.25, 0.3) is 0 Å². The van der Waals surface area contributed by atoms with Gasteiger partial charge in [-0.3, -0.25) is 0 Å². The van der Waals surface area contributed by atoms with E-state index in [4.69, 9.17) is 0 Å². The second-order valence-corrected chi connectivity index (χ2v) is 4.10. The standard InChI is InChI=1S/C9H12N2OS/c1-10-9(12)11-4-2-8-7(6-11)3-5-13-8/h3,5H,2,4,6H2,1H3,(H,10,12). The van der Waals surface area contributed by atoms with Crippen molar-refractivity contribution in [2.75, 3.05) is 13.6 Å². The summed E-state index contributed by atoms with van der Waals surface area (Å²) in [6, 6.07) is 2.13. The summed E-state index contributed by atoms with van der Waals surface area (Å²) in [4.78, 5) is 14.6. The van der Waals surface area contributed by atoms with Crippen LogP contribution >= 0.6 is 11.3 Å². The molecular formula is C9H12N2OS. The van der Waals surface area contributed by atoms with Crippen LogP contribution in [-0.4, -0.2) is 24.5 Å². The van der Waals surface area contributed by atoms with Gasteiger partial charge in [0.25, 0.3) is 0 Å². The smallest absolute Gasteiger partial charge is 0.317 e. The van der Waals surface area contributed by atoms with Gasteiger partial charge in [-0.2, -0.15) is 0 Å². The third kappa shape index (κ3) is 1.54. The number of hydrogen-bond acceptors (Lipinski definition) is 2. The van der Waals surface area contributed by atoms with E-state index < -0.39 is 0 Å². The highest BCUT2D eigenvalue weighted by Crippen LogP contribution is 2.23. The van der Waals surface area contributed by atoms with Gasteiger partial charge in [-0.25, -0.2) is 4.79 Å². The van der Waals surface area contributed by atoms with Gasteiger partial charge in [0.15, 0.2) is 0 Å². The van der Waals surface area contributed by atoms with Gasteiger partial charge >= 0.3 is 6.03 Å². The van der Waals surface area contributed by atoms with E-state index in [1.807, 2.05) is 4.90 Å². The average molecular weight is 196 g/mol. The fourth-order valence-electron chi connectivity index (χ4n) is 1.58. The van der Waals surface area contributed by atoms with Gasteiger partial charge in [0.05, 0.1) is 0 Å². The third-order valence-electron chi connectivity index (χ3n) is 2.31. The number of amides is 2. The van der Waals surface area contributed by atoms with Crippen molar-refractivity contribution in [1.29, 1.82) is 0 Å². The van der Waals surface area contributed by atoms with Gasteiger partial charge < -0.3 is 10.2 Å². The molecule has 0 radical (unpaired) electrons. The monoisotopic (exact) mass is 196 g/mol. The summed E-state index contributed by atoms with van der Waals surface area (Å²) in [5.41, 5.74) is 1.31. The number of nitrogens with zero attached hydrogens (tertiary/aromatic N) is 1. The molecule has 1 aromatic heterocycles. The van der Waals surface area contributed by atoms with Crippen LogP contribution in [0.2, 0.25) is 0 Å². The van der Waals surface area contributed by atoms with Gasteiger partial charge in [-0.05, 0) is 23.4 Å². The minimum absolute atomic E-state index is 0.0249. The van der Waals surface area contributed by atoms with Gasteiger partial charge in [0.2, 0.25) is 0 Å². The van der Waals surface area contributed by atoms with E-state index in [0.717, 1.165) is 19.5 Å². The SMILES string of the molecule is CNC(=O)N1CCc2sccc2C1.